The Bertz CT molecular complexity index is 1080. The normalized spacial score (nSPS) is 14.9. The van der Waals surface area contributed by atoms with Gasteiger partial charge >= 0.3 is 0 Å². The van der Waals surface area contributed by atoms with E-state index >= 15 is 0 Å². The molecule has 0 spiro atoms. The summed E-state index contributed by atoms with van der Waals surface area (Å²) in [6.45, 7) is 2.79. The molecule has 0 bridgehead atoms. The Morgan fingerprint density at radius 3 is 2.89 bits per heavy atom. The molecule has 1 aliphatic heterocycles. The zero-order valence-corrected chi connectivity index (χ0v) is 16.0. The van der Waals surface area contributed by atoms with Crippen molar-refractivity contribution in [2.75, 3.05) is 17.6 Å². The predicted molar refractivity (Wildman–Crippen MR) is 107 cm³/mol. The molecular weight excluding hydrogens is 360 g/mol. The van der Waals surface area contributed by atoms with Crippen molar-refractivity contribution >= 4 is 32.4 Å². The topological polar surface area (TPSA) is 75.2 Å². The van der Waals surface area contributed by atoms with Gasteiger partial charge < -0.3 is 5.32 Å². The number of anilines is 2. The average molecular weight is 382 g/mol. The number of nitrogens with one attached hydrogen (secondary N) is 1. The number of fused-ring (bicyclic) bond motifs is 2. The third kappa shape index (κ3) is 3.65. The van der Waals surface area contributed by atoms with Gasteiger partial charge in [0.2, 0.25) is 10.0 Å². The smallest absolute Gasteiger partial charge is 0.214 e. The minimum Gasteiger partial charge on any atom is -0.339 e. The van der Waals surface area contributed by atoms with E-state index in [1.165, 1.54) is 0 Å². The summed E-state index contributed by atoms with van der Waals surface area (Å²) in [5.74, 6) is 0.971. The molecule has 140 valence electrons. The lowest BCUT2D eigenvalue weighted by Crippen LogP contribution is -2.37. The molecule has 7 heteroatoms. The van der Waals surface area contributed by atoms with Gasteiger partial charge in [-0.05, 0) is 36.6 Å². The van der Waals surface area contributed by atoms with Crippen molar-refractivity contribution in [1.82, 2.24) is 14.3 Å². The second kappa shape index (κ2) is 7.25. The summed E-state index contributed by atoms with van der Waals surface area (Å²) >= 11 is 0. The molecule has 0 fully saturated rings. The molecule has 4 rings (SSSR count). The molecule has 0 aliphatic carbocycles. The first-order valence-corrected chi connectivity index (χ1v) is 10.7. The van der Waals surface area contributed by atoms with Gasteiger partial charge in [0.05, 0.1) is 23.2 Å². The number of sulfonamides is 1. The van der Waals surface area contributed by atoms with E-state index in [0.717, 1.165) is 33.5 Å². The Balaban J connectivity index is 1.61. The number of hydrogen-bond donors (Lipinski definition) is 1. The number of para-hydroxylation sites is 1. The van der Waals surface area contributed by atoms with E-state index in [9.17, 15) is 8.42 Å². The lowest BCUT2D eigenvalue weighted by Gasteiger charge is -2.29. The van der Waals surface area contributed by atoms with Crippen LogP contribution in [0.4, 0.5) is 11.5 Å². The van der Waals surface area contributed by atoms with E-state index in [0.29, 0.717) is 25.9 Å². The molecule has 3 aromatic rings. The third-order valence-corrected chi connectivity index (χ3v) is 6.84. The summed E-state index contributed by atoms with van der Waals surface area (Å²) in [5.41, 5.74) is 3.90. The summed E-state index contributed by atoms with van der Waals surface area (Å²) in [5, 5.41) is 4.42. The highest BCUT2D eigenvalue weighted by atomic mass is 32.2. The third-order valence-electron chi connectivity index (χ3n) is 4.82. The highest BCUT2D eigenvalue weighted by Gasteiger charge is 2.27. The molecule has 0 amide bonds. The first-order valence-electron chi connectivity index (χ1n) is 9.13. The fourth-order valence-electron chi connectivity index (χ4n) is 3.47. The molecule has 1 aromatic carbocycles. The zero-order valence-electron chi connectivity index (χ0n) is 15.2. The SMILES string of the molecule is CCCS(=O)(=O)N1CCc2c(ccnc2Nc2cnc3ccccc3c2)C1. The average Bonchev–Trinajstić information content (AvgIpc) is 2.68. The standard InChI is InChI=1S/C20H22N4O2S/c1-2-11-27(25,26)24-10-8-18-16(14-24)7-9-21-20(18)23-17-12-15-5-3-4-6-19(15)22-13-17/h3-7,9,12-13H,2,8,10-11,14H2,1H3,(H,21,23). The van der Waals surface area contributed by atoms with Crippen LogP contribution >= 0.6 is 0 Å². The number of nitrogens with zero attached hydrogens (tertiary/aromatic N) is 3. The van der Waals surface area contributed by atoms with Crippen molar-refractivity contribution < 1.29 is 8.42 Å². The Morgan fingerprint density at radius 2 is 2.04 bits per heavy atom. The van der Waals surface area contributed by atoms with Gasteiger partial charge in [-0.3, -0.25) is 4.98 Å². The van der Waals surface area contributed by atoms with Crippen LogP contribution in [0.2, 0.25) is 0 Å². The molecular formula is C20H22N4O2S. The summed E-state index contributed by atoms with van der Waals surface area (Å²) in [7, 11) is -3.19. The maximum absolute atomic E-state index is 12.4. The van der Waals surface area contributed by atoms with E-state index in [2.05, 4.69) is 15.3 Å². The van der Waals surface area contributed by atoms with Crippen LogP contribution < -0.4 is 5.32 Å². The van der Waals surface area contributed by atoms with Gasteiger partial charge in [-0.25, -0.2) is 13.4 Å². The lowest BCUT2D eigenvalue weighted by atomic mass is 10.0. The van der Waals surface area contributed by atoms with E-state index in [4.69, 9.17) is 0 Å². The molecule has 1 N–H and O–H groups in total. The molecule has 1 aliphatic rings. The Hall–Kier alpha value is -2.51. The lowest BCUT2D eigenvalue weighted by molar-refractivity contribution is 0.391. The van der Waals surface area contributed by atoms with Gasteiger partial charge in [0.15, 0.2) is 0 Å². The Labute approximate surface area is 159 Å². The Morgan fingerprint density at radius 1 is 1.19 bits per heavy atom. The van der Waals surface area contributed by atoms with Crippen LogP contribution in [0.25, 0.3) is 10.9 Å². The first kappa shape index (κ1) is 17.9. The van der Waals surface area contributed by atoms with Gasteiger partial charge in [-0.2, -0.15) is 4.31 Å². The monoisotopic (exact) mass is 382 g/mol. The van der Waals surface area contributed by atoms with Gasteiger partial charge in [-0.1, -0.05) is 25.1 Å². The van der Waals surface area contributed by atoms with Crippen LogP contribution in [-0.4, -0.2) is 35.0 Å². The van der Waals surface area contributed by atoms with Crippen LogP contribution in [-0.2, 0) is 23.0 Å². The molecule has 27 heavy (non-hydrogen) atoms. The second-order valence-electron chi connectivity index (χ2n) is 6.74. The van der Waals surface area contributed by atoms with Crippen LogP contribution in [0, 0.1) is 0 Å². The summed E-state index contributed by atoms with van der Waals surface area (Å²) in [4.78, 5) is 8.96. The number of aromatic nitrogens is 2. The van der Waals surface area contributed by atoms with E-state index in [1.807, 2.05) is 43.3 Å². The molecule has 0 saturated heterocycles. The largest absolute Gasteiger partial charge is 0.339 e. The number of benzene rings is 1. The van der Waals surface area contributed by atoms with Gasteiger partial charge in [0, 0.05) is 30.2 Å². The minimum absolute atomic E-state index is 0.196. The van der Waals surface area contributed by atoms with Gasteiger partial charge in [-0.15, -0.1) is 0 Å². The summed E-state index contributed by atoms with van der Waals surface area (Å²) in [6, 6.07) is 11.9. The van der Waals surface area contributed by atoms with Crippen LogP contribution in [0.3, 0.4) is 0 Å². The number of rotatable bonds is 5. The van der Waals surface area contributed by atoms with Crippen molar-refractivity contribution in [3.8, 4) is 0 Å². The molecule has 2 aromatic heterocycles. The molecule has 6 nitrogen and oxygen atoms in total. The highest BCUT2D eigenvalue weighted by Crippen LogP contribution is 2.28. The fourth-order valence-corrected chi connectivity index (χ4v) is 4.95. The number of hydrogen-bond acceptors (Lipinski definition) is 5. The van der Waals surface area contributed by atoms with Crippen molar-refractivity contribution in [2.24, 2.45) is 0 Å². The minimum atomic E-state index is -3.19. The summed E-state index contributed by atoms with van der Waals surface area (Å²) < 4.78 is 26.3. The van der Waals surface area contributed by atoms with E-state index in [-0.39, 0.29) is 5.75 Å². The molecule has 0 radical (unpaired) electrons. The maximum Gasteiger partial charge on any atom is 0.214 e. The molecule has 0 atom stereocenters. The van der Waals surface area contributed by atoms with Gasteiger partial charge in [0.1, 0.15) is 5.82 Å². The summed E-state index contributed by atoms with van der Waals surface area (Å²) in [6.07, 6.45) is 4.80. The van der Waals surface area contributed by atoms with Crippen LogP contribution in [0.5, 0.6) is 0 Å². The predicted octanol–water partition coefficient (Wildman–Crippen LogP) is 3.47. The van der Waals surface area contributed by atoms with Crippen LogP contribution in [0.1, 0.15) is 24.5 Å². The van der Waals surface area contributed by atoms with Crippen LogP contribution in [0.15, 0.2) is 48.8 Å². The van der Waals surface area contributed by atoms with Gasteiger partial charge in [0.25, 0.3) is 0 Å². The number of pyridine rings is 2. The molecule has 0 unspecified atom stereocenters. The fraction of sp³-hybridized carbons (Fsp3) is 0.300. The Kier molecular flexibility index (Phi) is 4.80. The van der Waals surface area contributed by atoms with E-state index in [1.54, 1.807) is 16.7 Å². The maximum atomic E-state index is 12.4. The van der Waals surface area contributed by atoms with Crippen molar-refractivity contribution in [3.05, 3.63) is 59.9 Å². The zero-order chi connectivity index (χ0) is 18.9. The first-order chi connectivity index (χ1) is 13.1. The van der Waals surface area contributed by atoms with Crippen molar-refractivity contribution in [2.45, 2.75) is 26.3 Å². The van der Waals surface area contributed by atoms with Crippen molar-refractivity contribution in [1.29, 1.82) is 0 Å². The second-order valence-corrected chi connectivity index (χ2v) is 8.83. The van der Waals surface area contributed by atoms with Crippen molar-refractivity contribution in [3.63, 3.8) is 0 Å². The molecule has 0 saturated carbocycles. The van der Waals surface area contributed by atoms with E-state index < -0.39 is 10.0 Å². The quantitative estimate of drug-likeness (QED) is 0.731. The highest BCUT2D eigenvalue weighted by molar-refractivity contribution is 7.89. The molecule has 3 heterocycles.